The van der Waals surface area contributed by atoms with Crippen LogP contribution in [0.3, 0.4) is 0 Å². The van der Waals surface area contributed by atoms with Gasteiger partial charge in [0.1, 0.15) is 11.6 Å². The molecule has 0 radical (unpaired) electrons. The van der Waals surface area contributed by atoms with Gasteiger partial charge in [-0.2, -0.15) is 0 Å². The first-order valence-electron chi connectivity index (χ1n) is 9.58. The first kappa shape index (κ1) is 22.3. The predicted octanol–water partition coefficient (Wildman–Crippen LogP) is 4.65. The van der Waals surface area contributed by atoms with Crippen molar-refractivity contribution < 1.29 is 22.3 Å². The smallest absolute Gasteiger partial charge is 0.265 e. The van der Waals surface area contributed by atoms with Crippen LogP contribution < -0.4 is 14.8 Å². The topological polar surface area (TPSA) is 84.5 Å². The van der Waals surface area contributed by atoms with Gasteiger partial charge in [-0.15, -0.1) is 0 Å². The number of hydrogen-bond donors (Lipinski definition) is 2. The zero-order valence-corrected chi connectivity index (χ0v) is 18.2. The number of carbonyl (C=O) groups is 1. The summed E-state index contributed by atoms with van der Waals surface area (Å²) in [6.07, 6.45) is -0.756. The van der Waals surface area contributed by atoms with Crippen LogP contribution in [0.25, 0.3) is 0 Å². The minimum Gasteiger partial charge on any atom is -0.481 e. The summed E-state index contributed by atoms with van der Waals surface area (Å²) in [5.74, 6) is -0.461. The fraction of sp³-hybridized carbons (Fsp3) is 0.174. The molecular formula is C23H23FN2O4S. The lowest BCUT2D eigenvalue weighted by atomic mass is 10.1. The summed E-state index contributed by atoms with van der Waals surface area (Å²) in [5.41, 5.74) is 2.46. The Morgan fingerprint density at radius 1 is 0.968 bits per heavy atom. The highest BCUT2D eigenvalue weighted by molar-refractivity contribution is 7.92. The van der Waals surface area contributed by atoms with Gasteiger partial charge in [0, 0.05) is 5.69 Å². The van der Waals surface area contributed by atoms with Crippen LogP contribution in [0.4, 0.5) is 15.8 Å². The van der Waals surface area contributed by atoms with E-state index < -0.39 is 21.9 Å². The van der Waals surface area contributed by atoms with Gasteiger partial charge >= 0.3 is 0 Å². The molecule has 0 aliphatic carbocycles. The first-order valence-corrected chi connectivity index (χ1v) is 11.1. The Kier molecular flexibility index (Phi) is 6.60. The number of nitrogens with one attached hydrogen (secondary N) is 2. The highest BCUT2D eigenvalue weighted by Gasteiger charge is 2.18. The molecule has 0 heterocycles. The normalized spacial score (nSPS) is 12.1. The van der Waals surface area contributed by atoms with Crippen LogP contribution >= 0.6 is 0 Å². The molecule has 0 bridgehead atoms. The van der Waals surface area contributed by atoms with Gasteiger partial charge in [0.15, 0.2) is 6.10 Å². The average Bonchev–Trinajstić information content (AvgIpc) is 2.72. The van der Waals surface area contributed by atoms with E-state index in [1.54, 1.807) is 13.0 Å². The molecule has 0 unspecified atom stereocenters. The number of ether oxygens (including phenoxy) is 1. The minimum atomic E-state index is -3.97. The Morgan fingerprint density at radius 3 is 2.29 bits per heavy atom. The maximum absolute atomic E-state index is 13.7. The van der Waals surface area contributed by atoms with Gasteiger partial charge in [0.25, 0.3) is 15.9 Å². The molecule has 0 aromatic heterocycles. The van der Waals surface area contributed by atoms with E-state index in [0.717, 1.165) is 17.2 Å². The third-order valence-corrected chi connectivity index (χ3v) is 6.09. The molecule has 6 nitrogen and oxygen atoms in total. The van der Waals surface area contributed by atoms with Gasteiger partial charge in [-0.3, -0.25) is 9.52 Å². The Morgan fingerprint density at radius 2 is 1.65 bits per heavy atom. The molecule has 0 fully saturated rings. The zero-order valence-electron chi connectivity index (χ0n) is 17.3. The minimum absolute atomic E-state index is 0.0619. The number of amides is 1. The quantitative estimate of drug-likeness (QED) is 0.558. The van der Waals surface area contributed by atoms with Crippen molar-refractivity contribution in [1.29, 1.82) is 0 Å². The number of sulfonamides is 1. The van der Waals surface area contributed by atoms with Crippen LogP contribution in [-0.2, 0) is 14.8 Å². The standard InChI is InChI=1S/C23H23FN2O4S/c1-15-8-11-19(14-16(15)2)30-17(3)23(27)25-18-9-12-20(13-10-18)31(28,29)26-22-7-5-4-6-21(22)24/h4-14,17,26H,1-3H3,(H,25,27)/t17-/m0/s1. The largest absolute Gasteiger partial charge is 0.481 e. The molecular weight excluding hydrogens is 419 g/mol. The number of benzene rings is 3. The van der Waals surface area contributed by atoms with Gasteiger partial charge < -0.3 is 10.1 Å². The van der Waals surface area contributed by atoms with Crippen molar-refractivity contribution in [2.45, 2.75) is 31.8 Å². The molecule has 3 aromatic carbocycles. The van der Waals surface area contributed by atoms with Crippen molar-refractivity contribution in [2.24, 2.45) is 0 Å². The number of halogens is 1. The van der Waals surface area contributed by atoms with Crippen LogP contribution in [-0.4, -0.2) is 20.4 Å². The molecule has 8 heteroatoms. The fourth-order valence-corrected chi connectivity index (χ4v) is 3.82. The molecule has 31 heavy (non-hydrogen) atoms. The molecule has 0 aliphatic rings. The Balaban J connectivity index is 1.64. The third kappa shape index (κ3) is 5.61. The number of para-hydroxylation sites is 1. The summed E-state index contributed by atoms with van der Waals surface area (Å²) in [7, 11) is -3.97. The lowest BCUT2D eigenvalue weighted by molar-refractivity contribution is -0.122. The molecule has 3 rings (SSSR count). The maximum Gasteiger partial charge on any atom is 0.265 e. The van der Waals surface area contributed by atoms with Gasteiger partial charge in [0.2, 0.25) is 0 Å². The molecule has 3 aromatic rings. The summed E-state index contributed by atoms with van der Waals surface area (Å²) in [6.45, 7) is 5.58. The fourth-order valence-electron chi connectivity index (χ4n) is 2.75. The van der Waals surface area contributed by atoms with Crippen LogP contribution in [0.2, 0.25) is 0 Å². The Labute approximate surface area is 181 Å². The van der Waals surface area contributed by atoms with E-state index in [1.165, 1.54) is 42.5 Å². The first-order chi connectivity index (χ1) is 14.7. The van der Waals surface area contributed by atoms with E-state index in [9.17, 15) is 17.6 Å². The second-order valence-electron chi connectivity index (χ2n) is 7.11. The molecule has 1 amide bonds. The van der Waals surface area contributed by atoms with E-state index in [-0.39, 0.29) is 16.5 Å². The number of anilines is 2. The predicted molar refractivity (Wildman–Crippen MR) is 118 cm³/mol. The summed E-state index contributed by atoms with van der Waals surface area (Å²) in [6, 6.07) is 16.6. The van der Waals surface area contributed by atoms with E-state index in [2.05, 4.69) is 10.0 Å². The number of carbonyl (C=O) groups excluding carboxylic acids is 1. The van der Waals surface area contributed by atoms with Gasteiger partial charge in [-0.05, 0) is 80.4 Å². The van der Waals surface area contributed by atoms with E-state index in [1.807, 2.05) is 26.0 Å². The lowest BCUT2D eigenvalue weighted by Gasteiger charge is -2.16. The van der Waals surface area contributed by atoms with Crippen molar-refractivity contribution in [1.82, 2.24) is 0 Å². The van der Waals surface area contributed by atoms with Gasteiger partial charge in [-0.25, -0.2) is 12.8 Å². The van der Waals surface area contributed by atoms with Crippen molar-refractivity contribution >= 4 is 27.3 Å². The van der Waals surface area contributed by atoms with E-state index in [4.69, 9.17) is 4.74 Å². The highest BCUT2D eigenvalue weighted by Crippen LogP contribution is 2.21. The number of hydrogen-bond acceptors (Lipinski definition) is 4. The Hall–Kier alpha value is -3.39. The van der Waals surface area contributed by atoms with Crippen molar-refractivity contribution in [3.05, 3.63) is 83.7 Å². The summed E-state index contributed by atoms with van der Waals surface area (Å²) in [4.78, 5) is 12.4. The van der Waals surface area contributed by atoms with E-state index in [0.29, 0.717) is 11.4 Å². The summed E-state index contributed by atoms with van der Waals surface area (Å²) in [5, 5.41) is 2.69. The van der Waals surface area contributed by atoms with Crippen molar-refractivity contribution in [3.63, 3.8) is 0 Å². The van der Waals surface area contributed by atoms with Crippen LogP contribution in [0.5, 0.6) is 5.75 Å². The SMILES string of the molecule is Cc1ccc(O[C@@H](C)C(=O)Nc2ccc(S(=O)(=O)Nc3ccccc3F)cc2)cc1C. The average molecular weight is 443 g/mol. The zero-order chi connectivity index (χ0) is 22.6. The third-order valence-electron chi connectivity index (χ3n) is 4.71. The monoisotopic (exact) mass is 442 g/mol. The van der Waals surface area contributed by atoms with Crippen molar-refractivity contribution in [2.75, 3.05) is 10.0 Å². The van der Waals surface area contributed by atoms with Gasteiger partial charge in [0.05, 0.1) is 10.6 Å². The van der Waals surface area contributed by atoms with Crippen molar-refractivity contribution in [3.8, 4) is 5.75 Å². The molecule has 162 valence electrons. The number of rotatable bonds is 7. The van der Waals surface area contributed by atoms with E-state index >= 15 is 0 Å². The molecule has 0 aliphatic heterocycles. The number of aryl methyl sites for hydroxylation is 2. The second-order valence-corrected chi connectivity index (χ2v) is 8.79. The van der Waals surface area contributed by atoms with Crippen LogP contribution in [0, 0.1) is 19.7 Å². The van der Waals surface area contributed by atoms with Crippen LogP contribution in [0.15, 0.2) is 71.6 Å². The molecule has 0 spiro atoms. The van der Waals surface area contributed by atoms with Crippen LogP contribution in [0.1, 0.15) is 18.1 Å². The highest BCUT2D eigenvalue weighted by atomic mass is 32.2. The maximum atomic E-state index is 13.7. The summed E-state index contributed by atoms with van der Waals surface area (Å²) < 4.78 is 46.6. The summed E-state index contributed by atoms with van der Waals surface area (Å²) >= 11 is 0. The molecule has 0 saturated heterocycles. The Bertz CT molecular complexity index is 1190. The van der Waals surface area contributed by atoms with Gasteiger partial charge in [-0.1, -0.05) is 18.2 Å². The molecule has 0 saturated carbocycles. The molecule has 1 atom stereocenters. The molecule has 2 N–H and O–H groups in total. The lowest BCUT2D eigenvalue weighted by Crippen LogP contribution is -2.30. The second kappa shape index (κ2) is 9.18.